The summed E-state index contributed by atoms with van der Waals surface area (Å²) in [6.07, 6.45) is 3.53. The molecule has 0 aliphatic rings. The molecule has 4 N–H and O–H groups in total. The van der Waals surface area contributed by atoms with Gasteiger partial charge in [0.15, 0.2) is 0 Å². The largest absolute Gasteiger partial charge is 0.489 e. The first-order chi connectivity index (χ1) is 19.1. The SMILES string of the molecule is C.C.CC(C)Oc1ccc(C(=O)N[C@H](CNC(=O)CO)Cc2ccc(-c3cn4cccc(C(C)O)c4n3)cc2)cc1Cl. The Morgan fingerprint density at radius 3 is 2.40 bits per heavy atom. The van der Waals surface area contributed by atoms with Crippen molar-refractivity contribution in [3.63, 3.8) is 0 Å². The summed E-state index contributed by atoms with van der Waals surface area (Å²) in [6.45, 7) is 4.97. The van der Waals surface area contributed by atoms with Crippen molar-refractivity contribution in [3.05, 3.63) is 88.7 Å². The minimum absolute atomic E-state index is 0. The molecular weight excluding hydrogens is 556 g/mol. The van der Waals surface area contributed by atoms with Crippen molar-refractivity contribution < 1.29 is 24.5 Å². The van der Waals surface area contributed by atoms with E-state index in [4.69, 9.17) is 26.4 Å². The number of carbonyl (C=O) groups excluding carboxylic acids is 2. The number of hydrogen-bond donors (Lipinski definition) is 4. The molecule has 226 valence electrons. The highest BCUT2D eigenvalue weighted by atomic mass is 35.5. The van der Waals surface area contributed by atoms with Crippen LogP contribution in [0.1, 0.15) is 63.2 Å². The van der Waals surface area contributed by atoms with Crippen LogP contribution in [-0.2, 0) is 11.2 Å². The Morgan fingerprint density at radius 1 is 1.07 bits per heavy atom. The molecule has 10 heteroatoms. The Labute approximate surface area is 252 Å². The lowest BCUT2D eigenvalue weighted by Gasteiger charge is -2.20. The molecule has 2 aromatic heterocycles. The smallest absolute Gasteiger partial charge is 0.251 e. The number of aliphatic hydroxyl groups excluding tert-OH is 2. The zero-order chi connectivity index (χ0) is 28.8. The molecule has 42 heavy (non-hydrogen) atoms. The third-order valence-corrected chi connectivity index (χ3v) is 6.57. The number of nitrogens with one attached hydrogen (secondary N) is 2. The van der Waals surface area contributed by atoms with Crippen LogP contribution in [0, 0.1) is 0 Å². The quantitative estimate of drug-likeness (QED) is 0.188. The van der Waals surface area contributed by atoms with E-state index in [0.29, 0.717) is 28.4 Å². The van der Waals surface area contributed by atoms with Crippen LogP contribution in [0.3, 0.4) is 0 Å². The van der Waals surface area contributed by atoms with Crippen LogP contribution in [0.4, 0.5) is 0 Å². The second-order valence-electron chi connectivity index (χ2n) is 9.84. The molecule has 0 spiro atoms. The number of ether oxygens (including phenoxy) is 1. The van der Waals surface area contributed by atoms with E-state index in [0.717, 1.165) is 22.4 Å². The van der Waals surface area contributed by atoms with Crippen molar-refractivity contribution in [1.29, 1.82) is 0 Å². The molecule has 2 amide bonds. The zero-order valence-electron chi connectivity index (χ0n) is 22.6. The molecule has 4 rings (SSSR count). The second-order valence-corrected chi connectivity index (χ2v) is 10.2. The molecule has 0 aliphatic heterocycles. The first-order valence-corrected chi connectivity index (χ1v) is 13.4. The summed E-state index contributed by atoms with van der Waals surface area (Å²) >= 11 is 6.31. The highest BCUT2D eigenvalue weighted by molar-refractivity contribution is 6.32. The number of pyridine rings is 1. The van der Waals surface area contributed by atoms with Gasteiger partial charge < -0.3 is 30.0 Å². The van der Waals surface area contributed by atoms with Gasteiger partial charge in [-0.25, -0.2) is 4.98 Å². The predicted molar refractivity (Wildman–Crippen MR) is 167 cm³/mol. The summed E-state index contributed by atoms with van der Waals surface area (Å²) in [7, 11) is 0. The first-order valence-electron chi connectivity index (χ1n) is 13.0. The summed E-state index contributed by atoms with van der Waals surface area (Å²) < 4.78 is 7.52. The summed E-state index contributed by atoms with van der Waals surface area (Å²) in [5.41, 5.74) is 4.40. The van der Waals surface area contributed by atoms with Crippen molar-refractivity contribution in [2.45, 2.75) is 60.3 Å². The van der Waals surface area contributed by atoms with E-state index in [1.165, 1.54) is 0 Å². The van der Waals surface area contributed by atoms with Crippen LogP contribution in [0.15, 0.2) is 67.0 Å². The third-order valence-electron chi connectivity index (χ3n) is 6.28. The van der Waals surface area contributed by atoms with E-state index in [1.807, 2.05) is 67.0 Å². The van der Waals surface area contributed by atoms with Crippen LogP contribution in [-0.4, -0.2) is 56.7 Å². The van der Waals surface area contributed by atoms with Crippen LogP contribution < -0.4 is 15.4 Å². The lowest BCUT2D eigenvalue weighted by molar-refractivity contribution is -0.123. The standard InChI is InChI=1S/C30H33ClN4O5.2CH4/c1-18(2)40-27-11-10-22(14-25(27)31)30(39)33-23(15-32-28(38)17-36)13-20-6-8-21(9-7-20)26-16-35-12-4-5-24(19(3)37)29(35)34-26;;/h4-12,14,16,18-19,23,36-37H,13,15,17H2,1-3H3,(H,32,38)(H,33,39);2*1H4/t19?,23-;;/m0../s1. The predicted octanol–water partition coefficient (Wildman–Crippen LogP) is 5.22. The summed E-state index contributed by atoms with van der Waals surface area (Å²) in [6, 6.07) is 15.9. The fraction of sp³-hybridized carbons (Fsp3) is 0.344. The lowest BCUT2D eigenvalue weighted by atomic mass is 10.0. The Hall–Kier alpha value is -3.92. The van der Waals surface area contributed by atoms with E-state index in [9.17, 15) is 14.7 Å². The van der Waals surface area contributed by atoms with Gasteiger partial charge >= 0.3 is 0 Å². The van der Waals surface area contributed by atoms with Gasteiger partial charge in [0.25, 0.3) is 5.91 Å². The number of imidazole rings is 1. The molecule has 0 radical (unpaired) electrons. The maximum Gasteiger partial charge on any atom is 0.251 e. The number of carbonyl (C=O) groups is 2. The fourth-order valence-corrected chi connectivity index (χ4v) is 4.55. The van der Waals surface area contributed by atoms with E-state index >= 15 is 0 Å². The van der Waals surface area contributed by atoms with Gasteiger partial charge in [-0.1, -0.05) is 56.8 Å². The van der Waals surface area contributed by atoms with Crippen molar-refractivity contribution in [1.82, 2.24) is 20.0 Å². The third kappa shape index (κ3) is 8.55. The van der Waals surface area contributed by atoms with E-state index in [-0.39, 0.29) is 33.4 Å². The van der Waals surface area contributed by atoms with Gasteiger partial charge in [0.05, 0.1) is 29.0 Å². The molecule has 4 aromatic rings. The van der Waals surface area contributed by atoms with Gasteiger partial charge in [0, 0.05) is 35.6 Å². The molecule has 1 unspecified atom stereocenters. The molecule has 0 saturated heterocycles. The van der Waals surface area contributed by atoms with Crippen molar-refractivity contribution in [3.8, 4) is 17.0 Å². The van der Waals surface area contributed by atoms with Gasteiger partial charge in [-0.05, 0) is 57.0 Å². The molecule has 2 atom stereocenters. The molecule has 2 heterocycles. The van der Waals surface area contributed by atoms with Gasteiger partial charge in [-0.2, -0.15) is 0 Å². The summed E-state index contributed by atoms with van der Waals surface area (Å²) in [4.78, 5) is 29.5. The van der Waals surface area contributed by atoms with Gasteiger partial charge in [0.2, 0.25) is 5.91 Å². The van der Waals surface area contributed by atoms with Crippen molar-refractivity contribution in [2.75, 3.05) is 13.2 Å². The maximum absolute atomic E-state index is 13.0. The molecule has 0 bridgehead atoms. The number of amides is 2. The van der Waals surface area contributed by atoms with Crippen LogP contribution in [0.25, 0.3) is 16.9 Å². The number of nitrogens with zero attached hydrogens (tertiary/aromatic N) is 2. The molecule has 0 fully saturated rings. The minimum Gasteiger partial charge on any atom is -0.489 e. The average molecular weight is 597 g/mol. The summed E-state index contributed by atoms with van der Waals surface area (Å²) in [5, 5.41) is 25.1. The van der Waals surface area contributed by atoms with Crippen molar-refractivity contribution in [2.24, 2.45) is 0 Å². The van der Waals surface area contributed by atoms with Gasteiger partial charge in [0.1, 0.15) is 18.0 Å². The van der Waals surface area contributed by atoms with Crippen LogP contribution in [0.2, 0.25) is 5.02 Å². The average Bonchev–Trinajstić information content (AvgIpc) is 3.37. The Bertz CT molecular complexity index is 1480. The molecule has 9 nitrogen and oxygen atoms in total. The van der Waals surface area contributed by atoms with Gasteiger partial charge in [-0.15, -0.1) is 0 Å². The number of hydrogen-bond acceptors (Lipinski definition) is 6. The fourth-order valence-electron chi connectivity index (χ4n) is 4.32. The molecule has 2 aromatic carbocycles. The second kappa shape index (κ2) is 15.3. The first kappa shape index (κ1) is 34.3. The Morgan fingerprint density at radius 2 is 1.79 bits per heavy atom. The number of rotatable bonds is 11. The highest BCUT2D eigenvalue weighted by Crippen LogP contribution is 2.27. The number of benzene rings is 2. The highest BCUT2D eigenvalue weighted by Gasteiger charge is 2.18. The summed E-state index contributed by atoms with van der Waals surface area (Å²) in [5.74, 6) is -0.388. The molecule has 0 aliphatic carbocycles. The van der Waals surface area contributed by atoms with Crippen LogP contribution in [0.5, 0.6) is 5.75 Å². The maximum atomic E-state index is 13.0. The van der Waals surface area contributed by atoms with E-state index < -0.39 is 24.7 Å². The number of aliphatic hydroxyl groups is 2. The van der Waals surface area contributed by atoms with Gasteiger partial charge in [-0.3, -0.25) is 9.59 Å². The number of halogens is 1. The topological polar surface area (TPSA) is 125 Å². The molecule has 0 saturated carbocycles. The minimum atomic E-state index is -0.641. The monoisotopic (exact) mass is 596 g/mol. The number of fused-ring (bicyclic) bond motifs is 1. The van der Waals surface area contributed by atoms with E-state index in [1.54, 1.807) is 25.1 Å². The normalized spacial score (nSPS) is 12.2. The Balaban J connectivity index is 0.00000308. The lowest BCUT2D eigenvalue weighted by Crippen LogP contribution is -2.45. The number of aromatic nitrogens is 2. The van der Waals surface area contributed by atoms with Crippen molar-refractivity contribution >= 4 is 29.1 Å². The van der Waals surface area contributed by atoms with E-state index in [2.05, 4.69) is 10.6 Å². The Kier molecular flexibility index (Phi) is 12.5. The van der Waals surface area contributed by atoms with Crippen LogP contribution >= 0.6 is 11.6 Å². The molecular formula is C32H41ClN4O5. The zero-order valence-corrected chi connectivity index (χ0v) is 23.4.